The van der Waals surface area contributed by atoms with Crippen LogP contribution in [0.5, 0.6) is 0 Å². The number of nitrogens with zero attached hydrogens (tertiary/aromatic N) is 1. The average molecular weight is 483 g/mol. The van der Waals surface area contributed by atoms with E-state index >= 15 is 0 Å². The third-order valence-electron chi connectivity index (χ3n) is 7.90. The number of ether oxygens (including phenoxy) is 2. The van der Waals surface area contributed by atoms with E-state index in [0.29, 0.717) is 5.56 Å². The number of methoxy groups -OCH3 is 2. The Kier molecular flexibility index (Phi) is 8.06. The molecule has 35 heavy (non-hydrogen) atoms. The fraction of sp³-hybridized carbons (Fsp3) is 0.500. The van der Waals surface area contributed by atoms with Crippen LogP contribution >= 0.6 is 0 Å². The molecule has 7 heteroatoms. The number of likely N-dealkylation sites (tertiary alicyclic amines) is 1. The van der Waals surface area contributed by atoms with Crippen molar-refractivity contribution in [3.63, 3.8) is 0 Å². The minimum absolute atomic E-state index is 0.0474. The molecule has 0 spiro atoms. The van der Waals surface area contributed by atoms with E-state index in [2.05, 4.69) is 22.3 Å². The molecule has 1 aliphatic heterocycles. The second-order valence-electron chi connectivity index (χ2n) is 9.69. The predicted octanol–water partition coefficient (Wildman–Crippen LogP) is 4.67. The van der Waals surface area contributed by atoms with Gasteiger partial charge in [-0.15, -0.1) is 0 Å². The van der Waals surface area contributed by atoms with E-state index in [1.807, 2.05) is 24.3 Å². The molecule has 6 nitrogen and oxygen atoms in total. The van der Waals surface area contributed by atoms with Gasteiger partial charge in [0.25, 0.3) is 0 Å². The summed E-state index contributed by atoms with van der Waals surface area (Å²) in [4.78, 5) is 28.4. The van der Waals surface area contributed by atoms with Crippen molar-refractivity contribution in [3.05, 3.63) is 71.5 Å². The molecule has 1 saturated heterocycles. The Morgan fingerprint density at radius 2 is 1.74 bits per heavy atom. The van der Waals surface area contributed by atoms with Crippen LogP contribution in [-0.2, 0) is 26.2 Å². The zero-order valence-corrected chi connectivity index (χ0v) is 20.5. The number of benzene rings is 2. The SMILES string of the molecule is COC(=O)N[C@H]1CCC[C@@H]1[C@](C(=O)OC)(c1cccc(F)c1)C1CCN(Cc2ccccc2)CC1. The number of halogens is 1. The number of rotatable bonds is 7. The predicted molar refractivity (Wildman–Crippen MR) is 131 cm³/mol. The van der Waals surface area contributed by atoms with Crippen LogP contribution < -0.4 is 5.32 Å². The summed E-state index contributed by atoms with van der Waals surface area (Å²) >= 11 is 0. The highest BCUT2D eigenvalue weighted by molar-refractivity contribution is 5.84. The molecule has 3 atom stereocenters. The minimum atomic E-state index is -1.06. The van der Waals surface area contributed by atoms with Gasteiger partial charge in [-0.25, -0.2) is 9.18 Å². The first-order valence-electron chi connectivity index (χ1n) is 12.4. The van der Waals surface area contributed by atoms with Crippen LogP contribution in [0.4, 0.5) is 9.18 Å². The van der Waals surface area contributed by atoms with Gasteiger partial charge in [-0.05, 0) is 73.9 Å². The van der Waals surface area contributed by atoms with Gasteiger partial charge < -0.3 is 14.8 Å². The molecular formula is C28H35FN2O4. The lowest BCUT2D eigenvalue weighted by Gasteiger charge is -2.48. The number of carbonyl (C=O) groups excluding carboxylic acids is 2. The van der Waals surface area contributed by atoms with E-state index in [9.17, 15) is 14.0 Å². The molecule has 188 valence electrons. The maximum atomic E-state index is 14.5. The number of hydrogen-bond donors (Lipinski definition) is 1. The van der Waals surface area contributed by atoms with E-state index in [-0.39, 0.29) is 29.7 Å². The molecule has 2 aromatic rings. The Morgan fingerprint density at radius 3 is 2.40 bits per heavy atom. The normalized spacial score (nSPS) is 22.8. The summed E-state index contributed by atoms with van der Waals surface area (Å²) in [6.07, 6.45) is 3.38. The van der Waals surface area contributed by atoms with E-state index in [1.54, 1.807) is 6.07 Å². The summed E-state index contributed by atoms with van der Waals surface area (Å²) in [6.45, 7) is 2.51. The van der Waals surface area contributed by atoms with Crippen LogP contribution in [0.15, 0.2) is 54.6 Å². The molecule has 1 N–H and O–H groups in total. The van der Waals surface area contributed by atoms with E-state index in [0.717, 1.165) is 51.7 Å². The Labute approximate surface area is 206 Å². The number of esters is 1. The fourth-order valence-corrected chi connectivity index (χ4v) is 6.38. The van der Waals surface area contributed by atoms with Crippen molar-refractivity contribution in [3.8, 4) is 0 Å². The molecule has 0 radical (unpaired) electrons. The van der Waals surface area contributed by atoms with Gasteiger partial charge in [0, 0.05) is 12.6 Å². The zero-order valence-electron chi connectivity index (χ0n) is 20.5. The molecule has 2 aromatic carbocycles. The Bertz CT molecular complexity index is 1010. The lowest BCUT2D eigenvalue weighted by atomic mass is 9.58. The van der Waals surface area contributed by atoms with Crippen LogP contribution in [0.25, 0.3) is 0 Å². The quantitative estimate of drug-likeness (QED) is 0.581. The fourth-order valence-electron chi connectivity index (χ4n) is 6.38. The van der Waals surface area contributed by atoms with E-state index in [4.69, 9.17) is 9.47 Å². The highest BCUT2D eigenvalue weighted by Gasteiger charge is 2.57. The van der Waals surface area contributed by atoms with Crippen molar-refractivity contribution in [2.45, 2.75) is 50.1 Å². The van der Waals surface area contributed by atoms with Crippen molar-refractivity contribution in [1.29, 1.82) is 0 Å². The van der Waals surface area contributed by atoms with Crippen molar-refractivity contribution >= 4 is 12.1 Å². The van der Waals surface area contributed by atoms with Gasteiger partial charge >= 0.3 is 12.1 Å². The molecule has 1 amide bonds. The third-order valence-corrected chi connectivity index (χ3v) is 7.90. The van der Waals surface area contributed by atoms with Gasteiger partial charge in [0.2, 0.25) is 0 Å². The summed E-state index contributed by atoms with van der Waals surface area (Å²) in [5.74, 6) is -1.00. The summed E-state index contributed by atoms with van der Waals surface area (Å²) < 4.78 is 24.9. The molecule has 4 rings (SSSR count). The maximum Gasteiger partial charge on any atom is 0.407 e. The topological polar surface area (TPSA) is 67.9 Å². The second kappa shape index (κ2) is 11.2. The van der Waals surface area contributed by atoms with E-state index in [1.165, 1.54) is 31.9 Å². The summed E-state index contributed by atoms with van der Waals surface area (Å²) in [6, 6.07) is 16.5. The van der Waals surface area contributed by atoms with Crippen molar-refractivity contribution in [2.75, 3.05) is 27.3 Å². The monoisotopic (exact) mass is 482 g/mol. The molecule has 1 saturated carbocycles. The van der Waals surface area contributed by atoms with Gasteiger partial charge in [0.05, 0.1) is 14.2 Å². The Morgan fingerprint density at radius 1 is 1.00 bits per heavy atom. The van der Waals surface area contributed by atoms with Gasteiger partial charge in [-0.3, -0.25) is 9.69 Å². The van der Waals surface area contributed by atoms with Crippen LogP contribution in [0.1, 0.15) is 43.2 Å². The second-order valence-corrected chi connectivity index (χ2v) is 9.69. The smallest absolute Gasteiger partial charge is 0.407 e. The Hall–Kier alpha value is -2.93. The average Bonchev–Trinajstić information content (AvgIpc) is 3.34. The van der Waals surface area contributed by atoms with Gasteiger partial charge in [0.15, 0.2) is 0 Å². The molecule has 0 aromatic heterocycles. The Balaban J connectivity index is 1.68. The number of hydrogen-bond acceptors (Lipinski definition) is 5. The third kappa shape index (κ3) is 5.20. The molecule has 0 bridgehead atoms. The molecular weight excluding hydrogens is 447 g/mol. The summed E-state index contributed by atoms with van der Waals surface area (Å²) in [7, 11) is 2.74. The number of piperidine rings is 1. The van der Waals surface area contributed by atoms with Crippen LogP contribution in [0.3, 0.4) is 0 Å². The van der Waals surface area contributed by atoms with Crippen molar-refractivity contribution in [1.82, 2.24) is 10.2 Å². The molecule has 2 aliphatic rings. The number of amides is 1. The van der Waals surface area contributed by atoms with Crippen molar-refractivity contribution in [2.24, 2.45) is 11.8 Å². The number of carbonyl (C=O) groups is 2. The van der Waals surface area contributed by atoms with Gasteiger partial charge in [0.1, 0.15) is 11.2 Å². The first kappa shape index (κ1) is 25.2. The highest BCUT2D eigenvalue weighted by Crippen LogP contribution is 2.51. The summed E-state index contributed by atoms with van der Waals surface area (Å²) in [5.41, 5.74) is 0.834. The lowest BCUT2D eigenvalue weighted by Crippen LogP contribution is -2.57. The first-order valence-corrected chi connectivity index (χ1v) is 12.4. The zero-order chi connectivity index (χ0) is 24.8. The van der Waals surface area contributed by atoms with E-state index < -0.39 is 11.5 Å². The molecule has 1 aliphatic carbocycles. The lowest BCUT2D eigenvalue weighted by molar-refractivity contribution is -0.155. The van der Waals surface area contributed by atoms with Gasteiger partial charge in [-0.2, -0.15) is 0 Å². The summed E-state index contributed by atoms with van der Waals surface area (Å²) in [5, 5.41) is 2.95. The molecule has 2 fully saturated rings. The number of nitrogens with one attached hydrogen (secondary N) is 1. The van der Waals surface area contributed by atoms with Gasteiger partial charge in [-0.1, -0.05) is 48.9 Å². The largest absolute Gasteiger partial charge is 0.468 e. The molecule has 0 unspecified atom stereocenters. The van der Waals surface area contributed by atoms with Crippen LogP contribution in [-0.4, -0.2) is 50.3 Å². The maximum absolute atomic E-state index is 14.5. The standard InChI is InChI=1S/C28H35FN2O4/c1-34-26(32)28(22-10-6-11-23(29)18-22,24-12-7-13-25(24)30-27(33)35-2)21-14-16-31(17-15-21)19-20-8-4-3-5-9-20/h3-6,8-11,18,21,24-25H,7,12-17,19H2,1-2H3,(H,30,33)/t24-,25-,28+/m0/s1. The molecule has 1 heterocycles. The number of alkyl carbamates (subject to hydrolysis) is 1. The van der Waals surface area contributed by atoms with Crippen LogP contribution in [0, 0.1) is 17.7 Å². The van der Waals surface area contributed by atoms with Crippen LogP contribution in [0.2, 0.25) is 0 Å². The highest BCUT2D eigenvalue weighted by atomic mass is 19.1. The van der Waals surface area contributed by atoms with Crippen molar-refractivity contribution < 1.29 is 23.5 Å². The minimum Gasteiger partial charge on any atom is -0.468 e. The first-order chi connectivity index (χ1) is 17.0.